The molecule has 2 aromatic rings. The Morgan fingerprint density at radius 3 is 2.27 bits per heavy atom. The molecule has 0 spiro atoms. The van der Waals surface area contributed by atoms with Gasteiger partial charge >= 0.3 is 6.36 Å². The summed E-state index contributed by atoms with van der Waals surface area (Å²) in [5.74, 6) is -1.62. The zero-order valence-electron chi connectivity index (χ0n) is 10.7. The van der Waals surface area contributed by atoms with Crippen molar-refractivity contribution < 1.29 is 27.1 Å². The molecule has 2 rings (SSSR count). The molecule has 0 aliphatic rings. The van der Waals surface area contributed by atoms with Crippen LogP contribution in [-0.2, 0) is 0 Å². The minimum Gasteiger partial charge on any atom is -0.406 e. The first-order valence-corrected chi connectivity index (χ1v) is 6.24. The predicted octanol–water partition coefficient (Wildman–Crippen LogP) is 4.63. The maximum Gasteiger partial charge on any atom is 0.573 e. The van der Waals surface area contributed by atoms with Crippen LogP contribution in [0.3, 0.4) is 0 Å². The Balaban J connectivity index is 2.09. The average molecular weight is 334 g/mol. The Hall–Kier alpha value is -2.28. The summed E-state index contributed by atoms with van der Waals surface area (Å²) in [6.07, 6.45) is -4.79. The Bertz CT molecular complexity index is 686. The fourth-order valence-electron chi connectivity index (χ4n) is 1.61. The number of ether oxygens (including phenoxy) is 1. The smallest absolute Gasteiger partial charge is 0.406 e. The van der Waals surface area contributed by atoms with Gasteiger partial charge in [-0.2, -0.15) is 0 Å². The van der Waals surface area contributed by atoms with Gasteiger partial charge in [0.15, 0.2) is 0 Å². The SMILES string of the molecule is O=C(Nc1ccc(OC(F)(F)F)cc1)c1ccc(F)cc1Cl. The van der Waals surface area contributed by atoms with E-state index in [0.29, 0.717) is 0 Å². The van der Waals surface area contributed by atoms with Gasteiger partial charge in [-0.25, -0.2) is 4.39 Å². The van der Waals surface area contributed by atoms with Gasteiger partial charge in [-0.05, 0) is 42.5 Å². The van der Waals surface area contributed by atoms with Crippen molar-refractivity contribution in [1.29, 1.82) is 0 Å². The van der Waals surface area contributed by atoms with E-state index < -0.39 is 23.8 Å². The van der Waals surface area contributed by atoms with Crippen molar-refractivity contribution in [3.8, 4) is 5.75 Å². The number of halogens is 5. The summed E-state index contributed by atoms with van der Waals surface area (Å²) in [5.41, 5.74) is 0.276. The van der Waals surface area contributed by atoms with E-state index in [4.69, 9.17) is 11.6 Å². The molecular weight excluding hydrogens is 326 g/mol. The lowest BCUT2D eigenvalue weighted by molar-refractivity contribution is -0.274. The zero-order chi connectivity index (χ0) is 16.3. The van der Waals surface area contributed by atoms with Crippen LogP contribution in [-0.4, -0.2) is 12.3 Å². The highest BCUT2D eigenvalue weighted by atomic mass is 35.5. The summed E-state index contributed by atoms with van der Waals surface area (Å²) in [4.78, 5) is 11.9. The van der Waals surface area contributed by atoms with Crippen LogP contribution in [0.15, 0.2) is 42.5 Å². The molecule has 1 amide bonds. The number of carbonyl (C=O) groups excluding carboxylic acids is 1. The number of anilines is 1. The largest absolute Gasteiger partial charge is 0.573 e. The van der Waals surface area contributed by atoms with Crippen LogP contribution < -0.4 is 10.1 Å². The standard InChI is InChI=1S/C14H8ClF4NO2/c15-12-7-8(16)1-6-11(12)13(21)20-9-2-4-10(5-3-9)22-14(17,18)19/h1-7H,(H,20,21). The molecule has 2 aromatic carbocycles. The van der Waals surface area contributed by atoms with Crippen LogP contribution in [0.2, 0.25) is 5.02 Å². The molecule has 8 heteroatoms. The van der Waals surface area contributed by atoms with Crippen LogP contribution in [0, 0.1) is 5.82 Å². The van der Waals surface area contributed by atoms with Crippen molar-refractivity contribution in [3.63, 3.8) is 0 Å². The lowest BCUT2D eigenvalue weighted by atomic mass is 10.2. The van der Waals surface area contributed by atoms with E-state index in [9.17, 15) is 22.4 Å². The predicted molar refractivity (Wildman–Crippen MR) is 72.5 cm³/mol. The van der Waals surface area contributed by atoms with E-state index in [0.717, 1.165) is 24.3 Å². The number of carbonyl (C=O) groups is 1. The van der Waals surface area contributed by atoms with Crippen LogP contribution >= 0.6 is 11.6 Å². The van der Waals surface area contributed by atoms with Crippen molar-refractivity contribution in [2.24, 2.45) is 0 Å². The van der Waals surface area contributed by atoms with E-state index in [-0.39, 0.29) is 16.3 Å². The van der Waals surface area contributed by atoms with Gasteiger partial charge in [0, 0.05) is 5.69 Å². The number of amides is 1. The van der Waals surface area contributed by atoms with Crippen LogP contribution in [0.5, 0.6) is 5.75 Å². The second-order valence-corrected chi connectivity index (χ2v) is 4.56. The number of hydrogen-bond donors (Lipinski definition) is 1. The molecule has 0 atom stereocenters. The highest BCUT2D eigenvalue weighted by Gasteiger charge is 2.30. The Morgan fingerprint density at radius 2 is 1.73 bits per heavy atom. The number of benzene rings is 2. The van der Waals surface area contributed by atoms with E-state index in [1.807, 2.05) is 0 Å². The van der Waals surface area contributed by atoms with Gasteiger partial charge in [0.2, 0.25) is 0 Å². The third kappa shape index (κ3) is 4.36. The molecule has 0 bridgehead atoms. The molecule has 0 aliphatic heterocycles. The molecule has 0 aliphatic carbocycles. The minimum atomic E-state index is -4.79. The van der Waals surface area contributed by atoms with Crippen molar-refractivity contribution in [2.45, 2.75) is 6.36 Å². The van der Waals surface area contributed by atoms with Crippen molar-refractivity contribution in [3.05, 3.63) is 58.9 Å². The summed E-state index contributed by atoms with van der Waals surface area (Å²) < 4.78 is 52.6. The Morgan fingerprint density at radius 1 is 1.09 bits per heavy atom. The first-order valence-electron chi connectivity index (χ1n) is 5.87. The molecule has 22 heavy (non-hydrogen) atoms. The molecule has 0 aromatic heterocycles. The fraction of sp³-hybridized carbons (Fsp3) is 0.0714. The lowest BCUT2D eigenvalue weighted by Gasteiger charge is -2.10. The molecule has 0 saturated carbocycles. The van der Waals surface area contributed by atoms with Crippen LogP contribution in [0.25, 0.3) is 0 Å². The quantitative estimate of drug-likeness (QED) is 0.832. The molecule has 116 valence electrons. The van der Waals surface area contributed by atoms with Gasteiger partial charge < -0.3 is 10.1 Å². The van der Waals surface area contributed by atoms with Crippen LogP contribution in [0.1, 0.15) is 10.4 Å². The molecule has 0 radical (unpaired) electrons. The van der Waals surface area contributed by atoms with Crippen molar-refractivity contribution in [2.75, 3.05) is 5.32 Å². The summed E-state index contributed by atoms with van der Waals surface area (Å²) in [5, 5.41) is 2.35. The van der Waals surface area contributed by atoms with Gasteiger partial charge in [0.05, 0.1) is 10.6 Å². The monoisotopic (exact) mass is 333 g/mol. The average Bonchev–Trinajstić information content (AvgIpc) is 2.39. The molecule has 0 saturated heterocycles. The Kier molecular flexibility index (Phi) is 4.56. The summed E-state index contributed by atoms with van der Waals surface area (Å²) in [6.45, 7) is 0. The number of alkyl halides is 3. The maximum absolute atomic E-state index is 12.9. The van der Waals surface area contributed by atoms with Crippen LogP contribution in [0.4, 0.5) is 23.2 Å². The molecule has 0 unspecified atom stereocenters. The summed E-state index contributed by atoms with van der Waals surface area (Å²) in [6, 6.07) is 7.82. The van der Waals surface area contributed by atoms with Gasteiger partial charge in [0.25, 0.3) is 5.91 Å². The van der Waals surface area contributed by atoms with Gasteiger partial charge in [-0.3, -0.25) is 4.79 Å². The third-order valence-electron chi connectivity index (χ3n) is 2.52. The number of rotatable bonds is 3. The molecule has 1 N–H and O–H groups in total. The fourth-order valence-corrected chi connectivity index (χ4v) is 1.87. The second-order valence-electron chi connectivity index (χ2n) is 4.15. The number of hydrogen-bond acceptors (Lipinski definition) is 2. The van der Waals surface area contributed by atoms with Crippen molar-refractivity contribution in [1.82, 2.24) is 0 Å². The van der Waals surface area contributed by atoms with Gasteiger partial charge in [0.1, 0.15) is 11.6 Å². The third-order valence-corrected chi connectivity index (χ3v) is 2.83. The second kappa shape index (κ2) is 6.23. The zero-order valence-corrected chi connectivity index (χ0v) is 11.5. The molecule has 0 heterocycles. The highest BCUT2D eigenvalue weighted by molar-refractivity contribution is 6.34. The first-order chi connectivity index (χ1) is 10.2. The van der Waals surface area contributed by atoms with Crippen molar-refractivity contribution >= 4 is 23.2 Å². The lowest BCUT2D eigenvalue weighted by Crippen LogP contribution is -2.17. The minimum absolute atomic E-state index is 0.0404. The van der Waals surface area contributed by atoms with E-state index in [1.165, 1.54) is 18.2 Å². The summed E-state index contributed by atoms with van der Waals surface area (Å²) >= 11 is 5.74. The normalized spacial score (nSPS) is 11.1. The van der Waals surface area contributed by atoms with Gasteiger partial charge in [-0.1, -0.05) is 11.6 Å². The maximum atomic E-state index is 12.9. The Labute approximate surface area is 127 Å². The van der Waals surface area contributed by atoms with E-state index in [2.05, 4.69) is 10.1 Å². The molecular formula is C14H8ClF4NO2. The van der Waals surface area contributed by atoms with E-state index in [1.54, 1.807) is 0 Å². The van der Waals surface area contributed by atoms with Gasteiger partial charge in [-0.15, -0.1) is 13.2 Å². The topological polar surface area (TPSA) is 38.3 Å². The number of nitrogens with one attached hydrogen (secondary N) is 1. The summed E-state index contributed by atoms with van der Waals surface area (Å²) in [7, 11) is 0. The first kappa shape index (κ1) is 16.1. The van der Waals surface area contributed by atoms with E-state index >= 15 is 0 Å². The highest BCUT2D eigenvalue weighted by Crippen LogP contribution is 2.24. The molecule has 0 fully saturated rings. The molecule has 3 nitrogen and oxygen atoms in total.